The van der Waals surface area contributed by atoms with Gasteiger partial charge in [0, 0.05) is 6.42 Å². The second-order valence-corrected chi connectivity index (χ2v) is 5.46. The van der Waals surface area contributed by atoms with E-state index in [0.717, 1.165) is 34.7 Å². The van der Waals surface area contributed by atoms with E-state index in [2.05, 4.69) is 39.8 Å². The van der Waals surface area contributed by atoms with Gasteiger partial charge in [-0.25, -0.2) is 5.90 Å². The van der Waals surface area contributed by atoms with Crippen molar-refractivity contribution in [2.75, 3.05) is 13.2 Å². The van der Waals surface area contributed by atoms with Crippen LogP contribution in [-0.4, -0.2) is 13.2 Å². The summed E-state index contributed by atoms with van der Waals surface area (Å²) < 4.78 is 6.92. The fourth-order valence-electron chi connectivity index (χ4n) is 1.80. The van der Waals surface area contributed by atoms with Crippen LogP contribution in [0, 0.1) is 12.8 Å². The van der Waals surface area contributed by atoms with E-state index in [9.17, 15) is 0 Å². The van der Waals surface area contributed by atoms with Gasteiger partial charge in [0.1, 0.15) is 5.75 Å². The summed E-state index contributed by atoms with van der Waals surface area (Å²) in [5.74, 6) is 6.78. The molecule has 0 amide bonds. The largest absolute Gasteiger partial charge is 0.492 e. The van der Waals surface area contributed by atoms with Crippen LogP contribution in [0.2, 0.25) is 0 Å². The summed E-state index contributed by atoms with van der Waals surface area (Å²) in [6.07, 6.45) is 3.37. The molecule has 0 bridgehead atoms. The molecule has 0 atom stereocenters. The molecular formula is C13H18BrNO2. The van der Waals surface area contributed by atoms with Gasteiger partial charge in [-0.3, -0.25) is 0 Å². The highest BCUT2D eigenvalue weighted by molar-refractivity contribution is 9.10. The van der Waals surface area contributed by atoms with Crippen molar-refractivity contribution < 1.29 is 9.57 Å². The fourth-order valence-corrected chi connectivity index (χ4v) is 2.53. The molecule has 17 heavy (non-hydrogen) atoms. The minimum atomic E-state index is 0.510. The van der Waals surface area contributed by atoms with Crippen molar-refractivity contribution in [3.8, 4) is 5.75 Å². The van der Waals surface area contributed by atoms with Gasteiger partial charge in [-0.05, 0) is 58.8 Å². The number of benzene rings is 1. The average molecular weight is 300 g/mol. The molecule has 3 nitrogen and oxygen atoms in total. The SMILES string of the molecule is Cc1cc(Br)c(OCC2CC2)c(CCON)c1. The maximum Gasteiger partial charge on any atom is 0.136 e. The number of nitrogens with two attached hydrogens (primary N) is 1. The molecule has 4 heteroatoms. The van der Waals surface area contributed by atoms with Crippen LogP contribution >= 0.6 is 15.9 Å². The zero-order chi connectivity index (χ0) is 12.3. The Balaban J connectivity index is 2.12. The Labute approximate surface area is 110 Å². The molecule has 0 spiro atoms. The number of halogens is 1. The average Bonchev–Trinajstić information content (AvgIpc) is 3.08. The van der Waals surface area contributed by atoms with Gasteiger partial charge >= 0.3 is 0 Å². The van der Waals surface area contributed by atoms with Gasteiger partial charge in [0.15, 0.2) is 0 Å². The Kier molecular flexibility index (Phi) is 4.42. The van der Waals surface area contributed by atoms with Crippen LogP contribution in [0.25, 0.3) is 0 Å². The third-order valence-corrected chi connectivity index (χ3v) is 3.50. The molecule has 2 rings (SSSR count). The highest BCUT2D eigenvalue weighted by atomic mass is 79.9. The minimum Gasteiger partial charge on any atom is -0.492 e. The molecule has 1 aromatic rings. The van der Waals surface area contributed by atoms with Gasteiger partial charge in [-0.15, -0.1) is 0 Å². The molecule has 1 aromatic carbocycles. The van der Waals surface area contributed by atoms with Crippen LogP contribution in [0.5, 0.6) is 5.75 Å². The van der Waals surface area contributed by atoms with Crippen LogP contribution in [0.1, 0.15) is 24.0 Å². The van der Waals surface area contributed by atoms with Crippen molar-refractivity contribution in [3.63, 3.8) is 0 Å². The van der Waals surface area contributed by atoms with E-state index in [1.807, 2.05) is 0 Å². The third kappa shape index (κ3) is 3.69. The quantitative estimate of drug-likeness (QED) is 0.821. The summed E-state index contributed by atoms with van der Waals surface area (Å²) in [6.45, 7) is 3.40. The summed E-state index contributed by atoms with van der Waals surface area (Å²) in [5, 5.41) is 0. The Morgan fingerprint density at radius 1 is 1.41 bits per heavy atom. The third-order valence-electron chi connectivity index (χ3n) is 2.91. The van der Waals surface area contributed by atoms with Crippen molar-refractivity contribution in [1.82, 2.24) is 0 Å². The molecule has 0 aromatic heterocycles. The molecule has 0 aliphatic heterocycles. The summed E-state index contributed by atoms with van der Waals surface area (Å²) in [5.41, 5.74) is 2.37. The Morgan fingerprint density at radius 2 is 2.18 bits per heavy atom. The summed E-state index contributed by atoms with van der Waals surface area (Å²) in [7, 11) is 0. The molecule has 0 heterocycles. The first-order valence-corrected chi connectivity index (χ1v) is 6.73. The van der Waals surface area contributed by atoms with Crippen molar-refractivity contribution in [2.45, 2.75) is 26.2 Å². The lowest BCUT2D eigenvalue weighted by molar-refractivity contribution is 0.140. The van der Waals surface area contributed by atoms with Crippen molar-refractivity contribution in [1.29, 1.82) is 0 Å². The lowest BCUT2D eigenvalue weighted by Gasteiger charge is -2.14. The van der Waals surface area contributed by atoms with Crippen LogP contribution < -0.4 is 10.6 Å². The molecule has 1 aliphatic carbocycles. The molecule has 1 saturated carbocycles. The van der Waals surface area contributed by atoms with Crippen molar-refractivity contribution >= 4 is 15.9 Å². The minimum absolute atomic E-state index is 0.510. The lowest BCUT2D eigenvalue weighted by atomic mass is 10.1. The van der Waals surface area contributed by atoms with Crippen LogP contribution in [0.4, 0.5) is 0 Å². The maximum atomic E-state index is 5.90. The Bertz CT molecular complexity index is 391. The molecule has 2 N–H and O–H groups in total. The lowest BCUT2D eigenvalue weighted by Crippen LogP contribution is -2.07. The number of ether oxygens (including phenoxy) is 1. The normalized spacial score (nSPS) is 15.0. The zero-order valence-electron chi connectivity index (χ0n) is 10.0. The maximum absolute atomic E-state index is 5.90. The van der Waals surface area contributed by atoms with Gasteiger partial charge in [0.2, 0.25) is 0 Å². The van der Waals surface area contributed by atoms with Crippen molar-refractivity contribution in [2.24, 2.45) is 11.8 Å². The Hall–Kier alpha value is -0.580. The van der Waals surface area contributed by atoms with Gasteiger partial charge in [-0.2, -0.15) is 0 Å². The summed E-state index contributed by atoms with van der Waals surface area (Å²) in [4.78, 5) is 4.65. The Morgan fingerprint density at radius 3 is 2.82 bits per heavy atom. The first kappa shape index (κ1) is 12.9. The number of aryl methyl sites for hydroxylation is 1. The molecule has 1 fully saturated rings. The summed E-state index contributed by atoms with van der Waals surface area (Å²) in [6, 6.07) is 4.21. The first-order valence-electron chi connectivity index (χ1n) is 5.94. The monoisotopic (exact) mass is 299 g/mol. The highest BCUT2D eigenvalue weighted by Crippen LogP contribution is 2.34. The topological polar surface area (TPSA) is 44.5 Å². The van der Waals surface area contributed by atoms with Crippen LogP contribution in [0.15, 0.2) is 16.6 Å². The first-order chi connectivity index (χ1) is 8.20. The standard InChI is InChI=1S/C13H18BrNO2/c1-9-6-11(4-5-17-15)13(12(14)7-9)16-8-10-2-3-10/h6-7,10H,2-5,8,15H2,1H3. The van der Waals surface area contributed by atoms with E-state index in [-0.39, 0.29) is 0 Å². The van der Waals surface area contributed by atoms with E-state index >= 15 is 0 Å². The molecule has 94 valence electrons. The molecule has 0 unspecified atom stereocenters. The number of rotatable bonds is 6. The zero-order valence-corrected chi connectivity index (χ0v) is 11.6. The van der Waals surface area contributed by atoms with Gasteiger partial charge in [0.25, 0.3) is 0 Å². The predicted molar refractivity (Wildman–Crippen MR) is 70.9 cm³/mol. The molecule has 1 aliphatic rings. The summed E-state index contributed by atoms with van der Waals surface area (Å²) >= 11 is 3.56. The molecule has 0 saturated heterocycles. The van der Waals surface area contributed by atoms with Crippen LogP contribution in [0.3, 0.4) is 0 Å². The highest BCUT2D eigenvalue weighted by Gasteiger charge is 2.23. The second kappa shape index (κ2) is 5.85. The van der Waals surface area contributed by atoms with E-state index in [0.29, 0.717) is 6.61 Å². The van der Waals surface area contributed by atoms with E-state index in [1.165, 1.54) is 18.4 Å². The van der Waals surface area contributed by atoms with E-state index in [1.54, 1.807) is 0 Å². The van der Waals surface area contributed by atoms with Crippen molar-refractivity contribution in [3.05, 3.63) is 27.7 Å². The predicted octanol–water partition coefficient (Wildman–Crippen LogP) is 2.98. The smallest absolute Gasteiger partial charge is 0.136 e. The number of hydrogen-bond donors (Lipinski definition) is 1. The fraction of sp³-hybridized carbons (Fsp3) is 0.538. The van der Waals surface area contributed by atoms with Gasteiger partial charge in [0.05, 0.1) is 17.7 Å². The number of hydrogen-bond acceptors (Lipinski definition) is 3. The molecular weight excluding hydrogens is 282 g/mol. The van der Waals surface area contributed by atoms with Gasteiger partial charge in [-0.1, -0.05) is 6.07 Å². The van der Waals surface area contributed by atoms with Gasteiger partial charge < -0.3 is 9.57 Å². The van der Waals surface area contributed by atoms with E-state index in [4.69, 9.17) is 10.6 Å². The van der Waals surface area contributed by atoms with E-state index < -0.39 is 0 Å². The molecule has 0 radical (unpaired) electrons. The second-order valence-electron chi connectivity index (χ2n) is 4.61. The van der Waals surface area contributed by atoms with Crippen LogP contribution in [-0.2, 0) is 11.3 Å².